The summed E-state index contributed by atoms with van der Waals surface area (Å²) in [5, 5.41) is 6.45. The van der Waals surface area contributed by atoms with Crippen molar-refractivity contribution in [2.24, 2.45) is 11.7 Å². The van der Waals surface area contributed by atoms with Gasteiger partial charge in [-0.15, -0.1) is 0 Å². The normalized spacial score (nSPS) is 13.9. The molecule has 248 valence electrons. The van der Waals surface area contributed by atoms with Gasteiger partial charge in [-0.25, -0.2) is 0 Å². The van der Waals surface area contributed by atoms with E-state index in [-0.39, 0.29) is 17.9 Å². The summed E-state index contributed by atoms with van der Waals surface area (Å²) >= 11 is 0. The number of nitrogens with zero attached hydrogens (tertiary/aromatic N) is 1. The monoisotopic (exact) mass is 611 g/mol. The molecule has 0 spiro atoms. The van der Waals surface area contributed by atoms with Crippen LogP contribution in [0.1, 0.15) is 83.5 Å². The zero-order chi connectivity index (χ0) is 33.5. The third-order valence-electron chi connectivity index (χ3n) is 7.06. The molecule has 0 saturated carbocycles. The molecule has 0 aromatic carbocycles. The molecular weight excluding hydrogens is 550 g/mol. The third kappa shape index (κ3) is 18.0. The number of carbonyl (C=O) groups excluding carboxylic acids is 1. The van der Waals surface area contributed by atoms with E-state index in [2.05, 4.69) is 97.5 Å². The number of nitrogens with two attached hydrogens (primary N) is 1. The summed E-state index contributed by atoms with van der Waals surface area (Å²) in [7, 11) is 3.99. The van der Waals surface area contributed by atoms with Crippen molar-refractivity contribution in [1.82, 2.24) is 20.5 Å². The van der Waals surface area contributed by atoms with Gasteiger partial charge < -0.3 is 26.1 Å². The molecule has 0 radical (unpaired) electrons. The molecule has 1 saturated heterocycles. The second-order valence-corrected chi connectivity index (χ2v) is 11.9. The molecule has 1 aliphatic rings. The number of H-pyrrole nitrogens is 1. The van der Waals surface area contributed by atoms with Crippen LogP contribution in [0, 0.1) is 24.7 Å². The number of carbonyl (C=O) groups is 1. The topological polar surface area (TPSA) is 112 Å². The van der Waals surface area contributed by atoms with Crippen LogP contribution in [0.25, 0.3) is 0 Å². The first-order valence-electron chi connectivity index (χ1n) is 16.0. The van der Waals surface area contributed by atoms with Gasteiger partial charge in [0, 0.05) is 62.1 Å². The van der Waals surface area contributed by atoms with Crippen LogP contribution in [0.3, 0.4) is 0 Å². The van der Waals surface area contributed by atoms with Crippen molar-refractivity contribution in [3.8, 4) is 11.8 Å². The number of likely N-dealkylation sites (N-methyl/N-ethyl adjacent to an activating group) is 1. The summed E-state index contributed by atoms with van der Waals surface area (Å²) in [6.45, 7) is 24.6. The van der Waals surface area contributed by atoms with Crippen molar-refractivity contribution in [2.45, 2.75) is 86.1 Å². The number of aromatic amines is 1. The highest BCUT2D eigenvalue weighted by molar-refractivity contribution is 5.47. The number of aryl methyl sites for hydroxylation is 1. The Morgan fingerprint density at radius 1 is 1.25 bits per heavy atom. The van der Waals surface area contributed by atoms with Crippen molar-refractivity contribution >= 4 is 6.41 Å². The SMILES string of the molecule is C=C(C)/C(=C\C(C#CCN(CCNC)CC(C)C)=C/CC)Cc1c(C(C)C)cc(C)[nH]c1=O.CNC1CCOCC1.NC=O. The van der Waals surface area contributed by atoms with Crippen molar-refractivity contribution in [3.05, 3.63) is 68.7 Å². The van der Waals surface area contributed by atoms with E-state index in [9.17, 15) is 4.79 Å². The standard InChI is InChI=1S/C29H45N3O.C6H13NO.CH3NO/c1-10-12-25(13-11-15-32(16-14-30-9)20-21(2)3)18-26(22(4)5)19-28-27(23(6)7)17-24(8)31-29(28)33;1-7-6-2-4-8-5-3-6;2-1-3/h12,17-18,21,23,30H,4,10,14-16,19-20H2,1-3,5-9H3,(H,31,33);6-7H,2-5H2,1H3;1H,(H2,2,3)/b25-12-,26-18-;;. The maximum absolute atomic E-state index is 12.8. The minimum absolute atomic E-state index is 0.00758. The molecule has 2 heterocycles. The maximum atomic E-state index is 12.8. The first-order valence-corrected chi connectivity index (χ1v) is 16.0. The Hall–Kier alpha value is -2.96. The number of ether oxygens (including phenoxy) is 1. The van der Waals surface area contributed by atoms with E-state index in [0.29, 0.717) is 18.4 Å². The van der Waals surface area contributed by atoms with Gasteiger partial charge in [-0.1, -0.05) is 64.7 Å². The fourth-order valence-corrected chi connectivity index (χ4v) is 4.77. The molecule has 2 rings (SSSR count). The Morgan fingerprint density at radius 3 is 2.36 bits per heavy atom. The van der Waals surface area contributed by atoms with Crippen LogP contribution >= 0.6 is 0 Å². The largest absolute Gasteiger partial charge is 0.381 e. The van der Waals surface area contributed by atoms with Gasteiger partial charge in [0.15, 0.2) is 0 Å². The van der Waals surface area contributed by atoms with E-state index in [0.717, 1.165) is 79.4 Å². The predicted octanol–water partition coefficient (Wildman–Crippen LogP) is 4.86. The lowest BCUT2D eigenvalue weighted by Gasteiger charge is -2.21. The second-order valence-electron chi connectivity index (χ2n) is 11.9. The number of allylic oxidation sites excluding steroid dienone is 5. The zero-order valence-corrected chi connectivity index (χ0v) is 29.1. The van der Waals surface area contributed by atoms with Crippen molar-refractivity contribution in [2.75, 3.05) is 53.5 Å². The number of pyridine rings is 1. The third-order valence-corrected chi connectivity index (χ3v) is 7.06. The molecule has 5 N–H and O–H groups in total. The van der Waals surface area contributed by atoms with Gasteiger partial charge in [-0.2, -0.15) is 0 Å². The van der Waals surface area contributed by atoms with Gasteiger partial charge in [0.1, 0.15) is 0 Å². The highest BCUT2D eigenvalue weighted by Crippen LogP contribution is 2.23. The van der Waals surface area contributed by atoms with Gasteiger partial charge in [-0.3, -0.25) is 14.5 Å². The van der Waals surface area contributed by atoms with Crippen LogP contribution in [0.2, 0.25) is 0 Å². The number of rotatable bonds is 13. The molecular formula is C36H61N5O3. The number of primary amides is 1. The average molecular weight is 612 g/mol. The molecule has 1 fully saturated rings. The lowest BCUT2D eigenvalue weighted by Crippen LogP contribution is -2.34. The summed E-state index contributed by atoms with van der Waals surface area (Å²) in [6.07, 6.45) is 8.33. The fourth-order valence-electron chi connectivity index (χ4n) is 4.77. The Morgan fingerprint density at radius 2 is 1.89 bits per heavy atom. The van der Waals surface area contributed by atoms with E-state index < -0.39 is 0 Å². The molecule has 44 heavy (non-hydrogen) atoms. The molecule has 0 unspecified atom stereocenters. The lowest BCUT2D eigenvalue weighted by atomic mass is 9.91. The molecule has 8 nitrogen and oxygen atoms in total. The number of amides is 1. The molecule has 1 aliphatic heterocycles. The van der Waals surface area contributed by atoms with E-state index in [1.54, 1.807) is 0 Å². The molecule has 0 bridgehead atoms. The average Bonchev–Trinajstić information content (AvgIpc) is 2.97. The van der Waals surface area contributed by atoms with Crippen LogP contribution < -0.4 is 21.9 Å². The highest BCUT2D eigenvalue weighted by Gasteiger charge is 2.14. The first-order chi connectivity index (χ1) is 20.9. The van der Waals surface area contributed by atoms with Crippen LogP contribution in [-0.2, 0) is 16.0 Å². The van der Waals surface area contributed by atoms with Crippen LogP contribution in [0.4, 0.5) is 0 Å². The first kappa shape index (κ1) is 41.0. The van der Waals surface area contributed by atoms with E-state index in [1.165, 1.54) is 12.8 Å². The van der Waals surface area contributed by atoms with E-state index in [4.69, 9.17) is 9.53 Å². The van der Waals surface area contributed by atoms with Crippen LogP contribution in [0.15, 0.2) is 46.3 Å². The lowest BCUT2D eigenvalue weighted by molar-refractivity contribution is -0.106. The Kier molecular flexibility index (Phi) is 22.7. The van der Waals surface area contributed by atoms with Crippen molar-refractivity contribution in [1.29, 1.82) is 0 Å². The molecule has 0 aliphatic carbocycles. The van der Waals surface area contributed by atoms with Crippen molar-refractivity contribution < 1.29 is 9.53 Å². The Bertz CT molecular complexity index is 1150. The van der Waals surface area contributed by atoms with E-state index in [1.807, 2.05) is 27.9 Å². The van der Waals surface area contributed by atoms with Crippen LogP contribution in [0.5, 0.6) is 0 Å². The van der Waals surface area contributed by atoms with Gasteiger partial charge >= 0.3 is 0 Å². The minimum atomic E-state index is -0.00758. The van der Waals surface area contributed by atoms with E-state index >= 15 is 0 Å². The van der Waals surface area contributed by atoms with Gasteiger partial charge in [0.25, 0.3) is 5.56 Å². The Balaban J connectivity index is 0.00000141. The minimum Gasteiger partial charge on any atom is -0.381 e. The molecule has 1 aromatic rings. The number of hydrogen-bond donors (Lipinski definition) is 4. The summed E-state index contributed by atoms with van der Waals surface area (Å²) in [5.74, 6) is 7.64. The Labute approximate surface area is 268 Å². The smallest absolute Gasteiger partial charge is 0.251 e. The summed E-state index contributed by atoms with van der Waals surface area (Å²) < 4.78 is 5.16. The quantitative estimate of drug-likeness (QED) is 0.144. The summed E-state index contributed by atoms with van der Waals surface area (Å²) in [5.41, 5.74) is 9.98. The van der Waals surface area contributed by atoms with Crippen LogP contribution in [-0.4, -0.2) is 75.8 Å². The fraction of sp³-hybridized carbons (Fsp3) is 0.611. The molecule has 0 atom stereocenters. The molecule has 1 aromatic heterocycles. The van der Waals surface area contributed by atoms with Gasteiger partial charge in [0.05, 0.1) is 6.54 Å². The summed E-state index contributed by atoms with van der Waals surface area (Å²) in [4.78, 5) is 26.7. The van der Waals surface area contributed by atoms with Gasteiger partial charge in [-0.05, 0) is 82.3 Å². The number of nitrogens with one attached hydrogen (secondary N) is 3. The maximum Gasteiger partial charge on any atom is 0.251 e. The zero-order valence-electron chi connectivity index (χ0n) is 29.1. The summed E-state index contributed by atoms with van der Waals surface area (Å²) in [6, 6.07) is 2.80. The number of aromatic nitrogens is 1. The highest BCUT2D eigenvalue weighted by atomic mass is 16.5. The predicted molar refractivity (Wildman–Crippen MR) is 187 cm³/mol. The molecule has 8 heteroatoms. The van der Waals surface area contributed by atoms with Crippen molar-refractivity contribution in [3.63, 3.8) is 0 Å². The van der Waals surface area contributed by atoms with Gasteiger partial charge in [0.2, 0.25) is 6.41 Å². The molecule has 1 amide bonds. The second kappa shape index (κ2) is 24.4. The number of hydrogen-bond acceptors (Lipinski definition) is 6.